The minimum absolute atomic E-state index is 0.109. The second-order valence-corrected chi connectivity index (χ2v) is 4.79. The van der Waals surface area contributed by atoms with Crippen LogP contribution in [-0.4, -0.2) is 11.7 Å². The van der Waals surface area contributed by atoms with Crippen LogP contribution in [0.2, 0.25) is 5.02 Å². The second kappa shape index (κ2) is 6.53. The zero-order valence-electron chi connectivity index (χ0n) is 10.8. The van der Waals surface area contributed by atoms with Crippen LogP contribution in [0.25, 0.3) is 0 Å². The number of halogens is 3. The number of nitriles is 1. The van der Waals surface area contributed by atoms with Crippen molar-refractivity contribution < 1.29 is 13.9 Å². The quantitative estimate of drug-likeness (QED) is 0.906. The first-order valence-corrected chi connectivity index (χ1v) is 6.45. The first kappa shape index (κ1) is 15.2. The lowest BCUT2D eigenvalue weighted by Gasteiger charge is -2.19. The normalized spacial score (nSPS) is 11.8. The molecule has 0 aromatic heterocycles. The van der Waals surface area contributed by atoms with E-state index in [4.69, 9.17) is 16.9 Å². The van der Waals surface area contributed by atoms with Gasteiger partial charge in [0.2, 0.25) is 0 Å². The number of hydrogen-bond acceptors (Lipinski definition) is 3. The zero-order chi connectivity index (χ0) is 15.4. The summed E-state index contributed by atoms with van der Waals surface area (Å²) in [7, 11) is 0. The molecule has 2 rings (SSSR count). The number of anilines is 1. The van der Waals surface area contributed by atoms with Gasteiger partial charge in [0.1, 0.15) is 5.69 Å². The average molecular weight is 309 g/mol. The first-order valence-electron chi connectivity index (χ1n) is 6.07. The molecular weight excluding hydrogens is 298 g/mol. The number of nitrogens with one attached hydrogen (secondary N) is 1. The molecule has 0 heterocycles. The molecule has 21 heavy (non-hydrogen) atoms. The highest BCUT2D eigenvalue weighted by molar-refractivity contribution is 6.30. The van der Waals surface area contributed by atoms with Crippen LogP contribution in [0, 0.1) is 23.0 Å². The number of aliphatic hydroxyl groups excluding tert-OH is 1. The molecule has 1 unspecified atom stereocenters. The smallest absolute Gasteiger partial charge is 0.150 e. The van der Waals surface area contributed by atoms with Gasteiger partial charge in [0, 0.05) is 5.02 Å². The Morgan fingerprint density at radius 3 is 2.24 bits per heavy atom. The molecule has 0 aliphatic carbocycles. The molecule has 3 nitrogen and oxygen atoms in total. The predicted molar refractivity (Wildman–Crippen MR) is 76.0 cm³/mol. The van der Waals surface area contributed by atoms with Crippen molar-refractivity contribution in [2.75, 3.05) is 11.9 Å². The van der Waals surface area contributed by atoms with Gasteiger partial charge in [-0.05, 0) is 29.8 Å². The largest absolute Gasteiger partial charge is 0.394 e. The third-order valence-corrected chi connectivity index (χ3v) is 3.20. The number of rotatable bonds is 4. The van der Waals surface area contributed by atoms with Crippen LogP contribution in [0.3, 0.4) is 0 Å². The van der Waals surface area contributed by atoms with Crippen LogP contribution in [-0.2, 0) is 0 Å². The molecule has 0 bridgehead atoms. The minimum atomic E-state index is -0.890. The van der Waals surface area contributed by atoms with Gasteiger partial charge in [-0.2, -0.15) is 5.26 Å². The van der Waals surface area contributed by atoms with Crippen LogP contribution in [0.4, 0.5) is 14.5 Å². The summed E-state index contributed by atoms with van der Waals surface area (Å²) in [5.74, 6) is -1.78. The lowest BCUT2D eigenvalue weighted by atomic mass is 10.1. The number of hydrogen-bond donors (Lipinski definition) is 2. The van der Waals surface area contributed by atoms with E-state index in [2.05, 4.69) is 5.32 Å². The molecule has 0 amide bonds. The van der Waals surface area contributed by atoms with Crippen LogP contribution in [0.1, 0.15) is 17.2 Å². The Labute approximate surface area is 125 Å². The summed E-state index contributed by atoms with van der Waals surface area (Å²) in [6.45, 7) is -0.361. The summed E-state index contributed by atoms with van der Waals surface area (Å²) >= 11 is 5.77. The standard InChI is InChI=1S/C15H11ClF2N2O/c16-11-3-1-10(2-4-11)14(8-21)20-15-12(17)5-9(7-19)6-13(15)18/h1-6,14,20-21H,8H2. The molecule has 6 heteroatoms. The van der Waals surface area contributed by atoms with Gasteiger partial charge in [-0.1, -0.05) is 23.7 Å². The van der Waals surface area contributed by atoms with Crippen molar-refractivity contribution in [3.8, 4) is 6.07 Å². The Morgan fingerprint density at radius 2 is 1.76 bits per heavy atom. The maximum atomic E-state index is 13.8. The van der Waals surface area contributed by atoms with E-state index in [0.717, 1.165) is 12.1 Å². The molecule has 2 aromatic carbocycles. The second-order valence-electron chi connectivity index (χ2n) is 4.36. The van der Waals surface area contributed by atoms with E-state index >= 15 is 0 Å². The van der Waals surface area contributed by atoms with Gasteiger partial charge in [-0.3, -0.25) is 0 Å². The van der Waals surface area contributed by atoms with Crippen molar-refractivity contribution in [2.45, 2.75) is 6.04 Å². The van der Waals surface area contributed by atoms with Crippen molar-refractivity contribution in [3.63, 3.8) is 0 Å². The maximum absolute atomic E-state index is 13.8. The Balaban J connectivity index is 2.31. The summed E-state index contributed by atoms with van der Waals surface area (Å²) in [6.07, 6.45) is 0. The molecule has 0 saturated carbocycles. The molecule has 0 radical (unpaired) electrons. The summed E-state index contributed by atoms with van der Waals surface area (Å²) < 4.78 is 27.6. The molecule has 108 valence electrons. The third kappa shape index (κ3) is 3.48. The predicted octanol–water partition coefficient (Wildman–Crippen LogP) is 3.64. The van der Waals surface area contributed by atoms with Gasteiger partial charge in [0.05, 0.1) is 24.3 Å². The van der Waals surface area contributed by atoms with Gasteiger partial charge < -0.3 is 10.4 Å². The third-order valence-electron chi connectivity index (χ3n) is 2.94. The van der Waals surface area contributed by atoms with Crippen molar-refractivity contribution in [2.24, 2.45) is 0 Å². The molecule has 1 atom stereocenters. The van der Waals surface area contributed by atoms with Crippen molar-refractivity contribution in [1.29, 1.82) is 5.26 Å². The zero-order valence-corrected chi connectivity index (χ0v) is 11.5. The molecule has 0 fully saturated rings. The summed E-state index contributed by atoms with van der Waals surface area (Å²) in [4.78, 5) is 0. The molecule has 0 aliphatic rings. The van der Waals surface area contributed by atoms with E-state index in [1.54, 1.807) is 30.3 Å². The fourth-order valence-electron chi connectivity index (χ4n) is 1.88. The highest BCUT2D eigenvalue weighted by Crippen LogP contribution is 2.26. The summed E-state index contributed by atoms with van der Waals surface area (Å²) in [5, 5.41) is 21.2. The van der Waals surface area contributed by atoms with E-state index in [0.29, 0.717) is 10.6 Å². The lowest BCUT2D eigenvalue weighted by Crippen LogP contribution is -2.16. The van der Waals surface area contributed by atoms with E-state index in [1.807, 2.05) is 0 Å². The van der Waals surface area contributed by atoms with Gasteiger partial charge in [0.15, 0.2) is 11.6 Å². The van der Waals surface area contributed by atoms with E-state index in [9.17, 15) is 13.9 Å². The van der Waals surface area contributed by atoms with Gasteiger partial charge in [-0.25, -0.2) is 8.78 Å². The number of nitrogens with zero attached hydrogens (tertiary/aromatic N) is 1. The van der Waals surface area contributed by atoms with Crippen molar-refractivity contribution >= 4 is 17.3 Å². The van der Waals surface area contributed by atoms with Crippen LogP contribution < -0.4 is 5.32 Å². The highest BCUT2D eigenvalue weighted by atomic mass is 35.5. The molecular formula is C15H11ClF2N2O. The van der Waals surface area contributed by atoms with Crippen molar-refractivity contribution in [1.82, 2.24) is 0 Å². The Morgan fingerprint density at radius 1 is 1.19 bits per heavy atom. The molecule has 0 saturated heterocycles. The van der Waals surface area contributed by atoms with Gasteiger partial charge in [-0.15, -0.1) is 0 Å². The summed E-state index contributed by atoms with van der Waals surface area (Å²) in [5.41, 5.74) is 0.135. The lowest BCUT2D eigenvalue weighted by molar-refractivity contribution is 0.276. The Hall–Kier alpha value is -2.16. The number of benzene rings is 2. The van der Waals surface area contributed by atoms with Crippen LogP contribution >= 0.6 is 11.6 Å². The molecule has 2 N–H and O–H groups in total. The Kier molecular flexibility index (Phi) is 4.73. The topological polar surface area (TPSA) is 56.0 Å². The van der Waals surface area contributed by atoms with Gasteiger partial charge >= 0.3 is 0 Å². The van der Waals surface area contributed by atoms with E-state index < -0.39 is 17.7 Å². The Bertz CT molecular complexity index is 660. The SMILES string of the molecule is N#Cc1cc(F)c(NC(CO)c2ccc(Cl)cc2)c(F)c1. The molecule has 0 aliphatic heterocycles. The molecule has 0 spiro atoms. The fourth-order valence-corrected chi connectivity index (χ4v) is 2.01. The van der Waals surface area contributed by atoms with E-state index in [-0.39, 0.29) is 17.9 Å². The average Bonchev–Trinajstić information content (AvgIpc) is 2.48. The van der Waals surface area contributed by atoms with E-state index in [1.165, 1.54) is 0 Å². The monoisotopic (exact) mass is 308 g/mol. The fraction of sp³-hybridized carbons (Fsp3) is 0.133. The summed E-state index contributed by atoms with van der Waals surface area (Å²) in [6, 6.07) is 9.37. The first-order chi connectivity index (χ1) is 10.0. The van der Waals surface area contributed by atoms with Crippen LogP contribution in [0.15, 0.2) is 36.4 Å². The maximum Gasteiger partial charge on any atom is 0.150 e. The molecule has 2 aromatic rings. The van der Waals surface area contributed by atoms with Gasteiger partial charge in [0.25, 0.3) is 0 Å². The van der Waals surface area contributed by atoms with Crippen molar-refractivity contribution in [3.05, 3.63) is 64.2 Å². The minimum Gasteiger partial charge on any atom is -0.394 e. The number of aliphatic hydroxyl groups is 1. The van der Waals surface area contributed by atoms with Crippen LogP contribution in [0.5, 0.6) is 0 Å². The highest BCUT2D eigenvalue weighted by Gasteiger charge is 2.17.